The first-order valence-electron chi connectivity index (χ1n) is 11.3. The van der Waals surface area contributed by atoms with Crippen molar-refractivity contribution in [2.75, 3.05) is 27.2 Å². The van der Waals surface area contributed by atoms with Crippen molar-refractivity contribution in [1.82, 2.24) is 0 Å². The van der Waals surface area contributed by atoms with Gasteiger partial charge in [0.05, 0.1) is 32.9 Å². The summed E-state index contributed by atoms with van der Waals surface area (Å²) in [4.78, 5) is 10.4. The molecule has 168 valence electrons. The molecule has 0 aromatic rings. The number of nitrogens with zero attached hydrogens (tertiary/aromatic N) is 1. The van der Waals surface area contributed by atoms with Crippen LogP contribution in [0.15, 0.2) is 0 Å². The number of aliphatic hydroxyl groups is 1. The van der Waals surface area contributed by atoms with E-state index in [1.54, 1.807) is 14.1 Å². The van der Waals surface area contributed by atoms with E-state index in [1.807, 2.05) is 0 Å². The number of aliphatic carboxylic acids is 1. The van der Waals surface area contributed by atoms with Crippen LogP contribution < -0.4 is 34.7 Å². The molecule has 0 aliphatic rings. The number of likely N-dealkylation sites (N-methyl/N-ethyl adjacent to an activating group) is 1. The van der Waals surface area contributed by atoms with Gasteiger partial charge in [-0.1, -0.05) is 71.1 Å². The second-order valence-corrected chi connectivity index (χ2v) is 8.51. The van der Waals surface area contributed by atoms with E-state index < -0.39 is 16.7 Å². The normalized spacial score (nSPS) is 13.7. The molecule has 0 rings (SSSR count). The molecule has 0 aliphatic heterocycles. The van der Waals surface area contributed by atoms with Crippen molar-refractivity contribution in [3.05, 3.63) is 5.21 Å². The third-order valence-corrected chi connectivity index (χ3v) is 5.11. The number of hydrogen-bond donors (Lipinski definition) is 1. The summed E-state index contributed by atoms with van der Waals surface area (Å²) in [5, 5.41) is 32.7. The van der Waals surface area contributed by atoms with Crippen LogP contribution in [0.2, 0.25) is 0 Å². The van der Waals surface area contributed by atoms with E-state index in [4.69, 9.17) is 4.74 Å². The maximum Gasteiger partial charge on any atom is 1.00 e. The molecule has 2 unspecified atom stereocenters. The van der Waals surface area contributed by atoms with Crippen molar-refractivity contribution >= 4 is 5.97 Å². The minimum absolute atomic E-state index is 0. The van der Waals surface area contributed by atoms with Crippen LogP contribution in [-0.2, 0) is 9.53 Å². The summed E-state index contributed by atoms with van der Waals surface area (Å²) >= 11 is 0. The fourth-order valence-electron chi connectivity index (χ4n) is 3.28. The predicted octanol–water partition coefficient (Wildman–Crippen LogP) is 0.542. The molecule has 6 nitrogen and oxygen atoms in total. The van der Waals surface area contributed by atoms with Gasteiger partial charge in [0.25, 0.3) is 0 Å². The summed E-state index contributed by atoms with van der Waals surface area (Å²) in [7, 11) is 3.19. The average Bonchev–Trinajstić information content (AvgIpc) is 2.60. The summed E-state index contributed by atoms with van der Waals surface area (Å²) < 4.78 is 5.49. The van der Waals surface area contributed by atoms with Crippen LogP contribution in [0.5, 0.6) is 0 Å². The van der Waals surface area contributed by atoms with Gasteiger partial charge in [0, 0.05) is 5.97 Å². The maximum atomic E-state index is 11.7. The molecule has 0 saturated carbocycles. The standard InChI is InChI=1S/C22H45NO5.Na/c1-4-5-6-7-9-12-15-20(24)21(28-19-18-23(2,3)27)16-13-10-8-11-14-17-22(25)26;/h20-21,24H,4-19H2,1-3H3,(H,25,26);/q;+1/p-1. The zero-order valence-corrected chi connectivity index (χ0v) is 21.5. The molecule has 0 bridgehead atoms. The number of carboxylic acid groups (broad SMARTS) is 1. The van der Waals surface area contributed by atoms with Gasteiger partial charge in [0.1, 0.15) is 6.54 Å². The minimum atomic E-state index is -0.981. The van der Waals surface area contributed by atoms with Gasteiger partial charge in [0.15, 0.2) is 0 Å². The molecule has 0 heterocycles. The Kier molecular flexibility index (Phi) is 22.0. The Balaban J connectivity index is 0. The molecule has 0 aromatic heterocycles. The second kappa shape index (κ2) is 20.2. The molecule has 29 heavy (non-hydrogen) atoms. The van der Waals surface area contributed by atoms with Crippen LogP contribution in [-0.4, -0.2) is 55.2 Å². The number of quaternary nitrogens is 1. The zero-order valence-electron chi connectivity index (χ0n) is 19.5. The van der Waals surface area contributed by atoms with Gasteiger partial charge in [-0.25, -0.2) is 0 Å². The van der Waals surface area contributed by atoms with Crippen molar-refractivity contribution < 1.29 is 53.9 Å². The summed E-state index contributed by atoms with van der Waals surface area (Å²) in [5.41, 5.74) is 0. The Labute approximate surface area is 200 Å². The van der Waals surface area contributed by atoms with Crippen LogP contribution in [0.3, 0.4) is 0 Å². The van der Waals surface area contributed by atoms with Crippen LogP contribution in [0.4, 0.5) is 0 Å². The first-order chi connectivity index (χ1) is 13.3. The first-order valence-corrected chi connectivity index (χ1v) is 11.3. The molecule has 0 aliphatic carbocycles. The average molecular weight is 426 g/mol. The van der Waals surface area contributed by atoms with Gasteiger partial charge < -0.3 is 29.6 Å². The zero-order chi connectivity index (χ0) is 21.3. The largest absolute Gasteiger partial charge is 1.00 e. The summed E-state index contributed by atoms with van der Waals surface area (Å²) in [6.07, 6.45) is 12.6. The smallest absolute Gasteiger partial charge is 0.633 e. The van der Waals surface area contributed by atoms with Crippen LogP contribution in [0.1, 0.15) is 96.8 Å². The molecule has 1 N–H and O–H groups in total. The maximum absolute atomic E-state index is 11.7. The predicted molar refractivity (Wildman–Crippen MR) is 111 cm³/mol. The van der Waals surface area contributed by atoms with E-state index in [1.165, 1.54) is 25.7 Å². The third kappa shape index (κ3) is 22.8. The number of unbranched alkanes of at least 4 members (excludes halogenated alkanes) is 9. The van der Waals surface area contributed by atoms with Gasteiger partial charge >= 0.3 is 29.6 Å². The van der Waals surface area contributed by atoms with Crippen molar-refractivity contribution in [3.8, 4) is 0 Å². The SMILES string of the molecule is CCCCCCCCC(O)C(CCCCCCCC(=O)[O-])OCC[N+](C)(C)[O-].[Na+]. The molecule has 0 saturated heterocycles. The quantitative estimate of drug-likeness (QED) is 0.133. The number of aliphatic hydroxyl groups excluding tert-OH is 1. The molecule has 0 fully saturated rings. The molecule has 0 amide bonds. The van der Waals surface area contributed by atoms with Crippen molar-refractivity contribution in [2.24, 2.45) is 0 Å². The number of ether oxygens (including phenoxy) is 1. The van der Waals surface area contributed by atoms with E-state index in [2.05, 4.69) is 6.92 Å². The van der Waals surface area contributed by atoms with E-state index in [0.29, 0.717) is 19.6 Å². The van der Waals surface area contributed by atoms with Gasteiger partial charge in [0.2, 0.25) is 0 Å². The monoisotopic (exact) mass is 425 g/mol. The Hall–Kier alpha value is 0.310. The van der Waals surface area contributed by atoms with Crippen molar-refractivity contribution in [2.45, 2.75) is 109 Å². The van der Waals surface area contributed by atoms with Gasteiger partial charge in [-0.3, -0.25) is 0 Å². The van der Waals surface area contributed by atoms with Crippen LogP contribution in [0.25, 0.3) is 0 Å². The Morgan fingerprint density at radius 1 is 0.931 bits per heavy atom. The first kappa shape index (κ1) is 31.5. The Morgan fingerprint density at radius 2 is 1.45 bits per heavy atom. The van der Waals surface area contributed by atoms with Crippen LogP contribution >= 0.6 is 0 Å². The number of carbonyl (C=O) groups is 1. The van der Waals surface area contributed by atoms with Gasteiger partial charge in [-0.2, -0.15) is 0 Å². The van der Waals surface area contributed by atoms with E-state index in [-0.39, 0.29) is 42.1 Å². The molecular weight excluding hydrogens is 381 g/mol. The van der Waals surface area contributed by atoms with Crippen molar-refractivity contribution in [3.63, 3.8) is 0 Å². The number of hydroxylamine groups is 3. The molecule has 2 atom stereocenters. The van der Waals surface area contributed by atoms with E-state index in [0.717, 1.165) is 51.4 Å². The number of hydrogen-bond acceptors (Lipinski definition) is 5. The molecule has 0 radical (unpaired) electrons. The fourth-order valence-corrected chi connectivity index (χ4v) is 3.28. The molecule has 0 spiro atoms. The molecule has 7 heteroatoms. The summed E-state index contributed by atoms with van der Waals surface area (Å²) in [6.45, 7) is 2.95. The molecule has 0 aromatic carbocycles. The van der Waals surface area contributed by atoms with Gasteiger partial charge in [-0.15, -0.1) is 0 Å². The number of carboxylic acids is 1. The van der Waals surface area contributed by atoms with Gasteiger partial charge in [-0.05, 0) is 25.7 Å². The van der Waals surface area contributed by atoms with Crippen LogP contribution in [0, 0.1) is 5.21 Å². The minimum Gasteiger partial charge on any atom is -0.633 e. The summed E-state index contributed by atoms with van der Waals surface area (Å²) in [6, 6.07) is 0. The van der Waals surface area contributed by atoms with Crippen molar-refractivity contribution in [1.29, 1.82) is 0 Å². The number of rotatable bonds is 20. The fraction of sp³-hybridized carbons (Fsp3) is 0.955. The topological polar surface area (TPSA) is 92.7 Å². The number of carbonyl (C=O) groups excluding carboxylic acids is 1. The second-order valence-electron chi connectivity index (χ2n) is 8.51. The van der Waals surface area contributed by atoms with E-state index >= 15 is 0 Å². The molecular formula is C22H44NNaO5. The third-order valence-electron chi connectivity index (χ3n) is 5.11. The van der Waals surface area contributed by atoms with E-state index in [9.17, 15) is 20.2 Å². The Bertz CT molecular complexity index is 377. The summed E-state index contributed by atoms with van der Waals surface area (Å²) in [5.74, 6) is -0.981. The Morgan fingerprint density at radius 3 is 2.00 bits per heavy atom.